The molecule has 108 valence electrons. The maximum atomic E-state index is 6.04. The zero-order valence-electron chi connectivity index (χ0n) is 11.7. The van der Waals surface area contributed by atoms with Crippen LogP contribution in [0, 0.1) is 0 Å². The van der Waals surface area contributed by atoms with Crippen LogP contribution in [-0.2, 0) is 15.9 Å². The van der Waals surface area contributed by atoms with E-state index in [4.69, 9.17) is 14.2 Å². The molecule has 2 fully saturated rings. The molecule has 0 aliphatic carbocycles. The summed E-state index contributed by atoms with van der Waals surface area (Å²) in [7, 11) is 0. The van der Waals surface area contributed by atoms with Crippen LogP contribution in [0.1, 0.15) is 18.4 Å². The van der Waals surface area contributed by atoms with E-state index in [1.165, 1.54) is 5.56 Å². The maximum absolute atomic E-state index is 6.04. The lowest BCUT2D eigenvalue weighted by Gasteiger charge is -2.39. The van der Waals surface area contributed by atoms with Crippen LogP contribution in [0.5, 0.6) is 5.75 Å². The number of hydrogen-bond acceptors (Lipinski definition) is 4. The minimum atomic E-state index is -0.330. The van der Waals surface area contributed by atoms with Gasteiger partial charge in [-0.15, -0.1) is 0 Å². The van der Waals surface area contributed by atoms with E-state index in [9.17, 15) is 0 Å². The highest BCUT2D eigenvalue weighted by Crippen LogP contribution is 2.32. The van der Waals surface area contributed by atoms with Gasteiger partial charge in [-0.3, -0.25) is 4.90 Å². The molecule has 0 N–H and O–H groups in total. The fourth-order valence-electron chi connectivity index (χ4n) is 3.60. The van der Waals surface area contributed by atoms with Crippen LogP contribution in [0.15, 0.2) is 24.3 Å². The van der Waals surface area contributed by atoms with Crippen LogP contribution in [0.25, 0.3) is 0 Å². The largest absolute Gasteiger partial charge is 0.488 e. The molecule has 3 aliphatic rings. The molecular weight excluding hydrogens is 254 g/mol. The number of fused-ring (bicyclic) bond motifs is 1. The Labute approximate surface area is 119 Å². The summed E-state index contributed by atoms with van der Waals surface area (Å²) >= 11 is 0. The van der Waals surface area contributed by atoms with E-state index < -0.39 is 0 Å². The summed E-state index contributed by atoms with van der Waals surface area (Å²) in [5, 5.41) is 0. The van der Waals surface area contributed by atoms with Gasteiger partial charge in [-0.2, -0.15) is 0 Å². The van der Waals surface area contributed by atoms with Crippen molar-refractivity contribution in [3.8, 4) is 5.75 Å². The normalized spacial score (nSPS) is 28.5. The second kappa shape index (κ2) is 5.02. The minimum Gasteiger partial charge on any atom is -0.488 e. The van der Waals surface area contributed by atoms with Crippen molar-refractivity contribution < 1.29 is 14.2 Å². The van der Waals surface area contributed by atoms with E-state index >= 15 is 0 Å². The van der Waals surface area contributed by atoms with Crippen molar-refractivity contribution in [2.75, 3.05) is 32.8 Å². The van der Waals surface area contributed by atoms with Gasteiger partial charge in [-0.25, -0.2) is 0 Å². The lowest BCUT2D eigenvalue weighted by atomic mass is 10.0. The van der Waals surface area contributed by atoms with Crippen molar-refractivity contribution in [3.63, 3.8) is 0 Å². The van der Waals surface area contributed by atoms with Gasteiger partial charge in [-0.1, -0.05) is 18.2 Å². The molecule has 1 spiro atoms. The Morgan fingerprint density at radius 1 is 1.20 bits per heavy atom. The third-order valence-corrected chi connectivity index (χ3v) is 4.49. The first-order valence-corrected chi connectivity index (χ1v) is 7.58. The van der Waals surface area contributed by atoms with Crippen LogP contribution in [-0.4, -0.2) is 49.6 Å². The second-order valence-corrected chi connectivity index (χ2v) is 6.00. The molecule has 3 aliphatic heterocycles. The van der Waals surface area contributed by atoms with E-state index in [2.05, 4.69) is 23.1 Å². The number of nitrogens with zero attached hydrogens (tertiary/aromatic N) is 1. The first-order valence-electron chi connectivity index (χ1n) is 7.58. The summed E-state index contributed by atoms with van der Waals surface area (Å²) in [6, 6.07) is 8.35. The molecule has 0 radical (unpaired) electrons. The molecule has 0 bridgehead atoms. The fourth-order valence-corrected chi connectivity index (χ4v) is 3.60. The predicted octanol–water partition coefficient (Wildman–Crippen LogP) is 1.83. The monoisotopic (exact) mass is 275 g/mol. The highest BCUT2D eigenvalue weighted by molar-refractivity contribution is 5.37. The summed E-state index contributed by atoms with van der Waals surface area (Å²) < 4.78 is 17.7. The molecule has 0 aromatic heterocycles. The zero-order chi connectivity index (χ0) is 13.4. The van der Waals surface area contributed by atoms with Gasteiger partial charge in [0.15, 0.2) is 5.79 Å². The van der Waals surface area contributed by atoms with Crippen molar-refractivity contribution in [3.05, 3.63) is 29.8 Å². The van der Waals surface area contributed by atoms with Gasteiger partial charge in [0.25, 0.3) is 0 Å². The Hall–Kier alpha value is -1.10. The van der Waals surface area contributed by atoms with E-state index in [-0.39, 0.29) is 11.9 Å². The standard InChI is InChI=1S/C16H21NO3/c1-2-5-15-13(4-1)10-14(20-15)11-17-7-3-6-16(12-17)18-8-9-19-16/h1-2,4-5,14H,3,6-12H2. The van der Waals surface area contributed by atoms with Crippen molar-refractivity contribution in [1.29, 1.82) is 0 Å². The molecule has 1 atom stereocenters. The van der Waals surface area contributed by atoms with Crippen molar-refractivity contribution in [2.45, 2.75) is 31.2 Å². The van der Waals surface area contributed by atoms with Gasteiger partial charge in [0.1, 0.15) is 11.9 Å². The number of piperidine rings is 1. The van der Waals surface area contributed by atoms with Crippen LogP contribution >= 0.6 is 0 Å². The molecule has 4 heteroatoms. The number of para-hydroxylation sites is 1. The maximum Gasteiger partial charge on any atom is 0.181 e. The molecule has 2 saturated heterocycles. The SMILES string of the molecule is c1ccc2c(c1)CC(CN1CCCC3(C1)OCCO3)O2. The predicted molar refractivity (Wildman–Crippen MR) is 74.9 cm³/mol. The molecular formula is C16H21NO3. The minimum absolute atomic E-state index is 0.268. The van der Waals surface area contributed by atoms with Gasteiger partial charge in [0.05, 0.1) is 19.8 Å². The summed E-state index contributed by atoms with van der Waals surface area (Å²) in [5.74, 6) is 0.724. The molecule has 1 aromatic carbocycles. The summed E-state index contributed by atoms with van der Waals surface area (Å²) in [6.07, 6.45) is 3.44. The van der Waals surface area contributed by atoms with Gasteiger partial charge in [0, 0.05) is 19.4 Å². The first-order chi connectivity index (χ1) is 9.83. The molecule has 0 saturated carbocycles. The first kappa shape index (κ1) is 12.6. The average Bonchev–Trinajstić information content (AvgIpc) is 3.05. The quantitative estimate of drug-likeness (QED) is 0.824. The molecule has 0 amide bonds. The zero-order valence-corrected chi connectivity index (χ0v) is 11.7. The third kappa shape index (κ3) is 2.32. The fraction of sp³-hybridized carbons (Fsp3) is 0.625. The van der Waals surface area contributed by atoms with Crippen molar-refractivity contribution >= 4 is 0 Å². The third-order valence-electron chi connectivity index (χ3n) is 4.49. The molecule has 1 unspecified atom stereocenters. The Bertz CT molecular complexity index is 459. The Kier molecular flexibility index (Phi) is 3.17. The lowest BCUT2D eigenvalue weighted by molar-refractivity contribution is -0.190. The van der Waals surface area contributed by atoms with Gasteiger partial charge >= 0.3 is 0 Å². The van der Waals surface area contributed by atoms with Crippen molar-refractivity contribution in [2.24, 2.45) is 0 Å². The van der Waals surface area contributed by atoms with Crippen LogP contribution < -0.4 is 4.74 Å². The highest BCUT2D eigenvalue weighted by atomic mass is 16.7. The van der Waals surface area contributed by atoms with E-state index in [1.54, 1.807) is 0 Å². The molecule has 3 heterocycles. The Morgan fingerprint density at radius 2 is 2.05 bits per heavy atom. The van der Waals surface area contributed by atoms with E-state index in [0.717, 1.165) is 57.9 Å². The molecule has 4 rings (SSSR count). The molecule has 4 nitrogen and oxygen atoms in total. The lowest BCUT2D eigenvalue weighted by Crippen LogP contribution is -2.51. The highest BCUT2D eigenvalue weighted by Gasteiger charge is 2.41. The second-order valence-electron chi connectivity index (χ2n) is 6.00. The van der Waals surface area contributed by atoms with Crippen LogP contribution in [0.3, 0.4) is 0 Å². The number of ether oxygens (including phenoxy) is 3. The van der Waals surface area contributed by atoms with E-state index in [0.29, 0.717) is 0 Å². The Balaban J connectivity index is 1.38. The number of rotatable bonds is 2. The average molecular weight is 275 g/mol. The Morgan fingerprint density at radius 3 is 2.90 bits per heavy atom. The van der Waals surface area contributed by atoms with Crippen LogP contribution in [0.2, 0.25) is 0 Å². The van der Waals surface area contributed by atoms with Gasteiger partial charge in [0.2, 0.25) is 0 Å². The summed E-state index contributed by atoms with van der Waals surface area (Å²) in [6.45, 7) is 4.43. The van der Waals surface area contributed by atoms with Crippen LogP contribution in [0.4, 0.5) is 0 Å². The number of hydrogen-bond donors (Lipinski definition) is 0. The van der Waals surface area contributed by atoms with E-state index in [1.807, 2.05) is 6.07 Å². The summed E-state index contributed by atoms with van der Waals surface area (Å²) in [5.41, 5.74) is 1.33. The summed E-state index contributed by atoms with van der Waals surface area (Å²) in [4.78, 5) is 2.44. The number of benzene rings is 1. The topological polar surface area (TPSA) is 30.9 Å². The van der Waals surface area contributed by atoms with Gasteiger partial charge < -0.3 is 14.2 Å². The van der Waals surface area contributed by atoms with Crippen molar-refractivity contribution in [1.82, 2.24) is 4.90 Å². The molecule has 20 heavy (non-hydrogen) atoms. The van der Waals surface area contributed by atoms with Gasteiger partial charge in [-0.05, 0) is 24.6 Å². The molecule has 1 aromatic rings. The smallest absolute Gasteiger partial charge is 0.181 e. The number of likely N-dealkylation sites (tertiary alicyclic amines) is 1.